The Morgan fingerprint density at radius 3 is 2.57 bits per heavy atom. The number of carbonyl (C=O) groups is 2. The molecule has 0 atom stereocenters. The molecule has 1 aromatic rings. The molecule has 7 heteroatoms. The zero-order valence-corrected chi connectivity index (χ0v) is 13.8. The van der Waals surface area contributed by atoms with Crippen molar-refractivity contribution >= 4 is 33.6 Å². The zero-order valence-electron chi connectivity index (χ0n) is 12.2. The zero-order chi connectivity index (χ0) is 16.0. The standard InChI is InChI=1S/C14H19BrN2O4/c1-9(2)17(6-7-21-3)14(20)16-12-5-4-10(13(18)19)8-11(12)15/h4-5,8-9H,6-7H2,1-3H3,(H,16,20)(H,18,19). The van der Waals surface area contributed by atoms with Crippen LogP contribution in [0.15, 0.2) is 22.7 Å². The van der Waals surface area contributed by atoms with Gasteiger partial charge in [0.25, 0.3) is 0 Å². The Hall–Kier alpha value is -1.60. The van der Waals surface area contributed by atoms with E-state index in [2.05, 4.69) is 21.2 Å². The SMILES string of the molecule is COCCN(C(=O)Nc1ccc(C(=O)O)cc1Br)C(C)C. The lowest BCUT2D eigenvalue weighted by Gasteiger charge is -2.26. The molecule has 0 aliphatic carbocycles. The second-order valence-electron chi connectivity index (χ2n) is 4.71. The molecule has 2 N–H and O–H groups in total. The van der Waals surface area contributed by atoms with E-state index in [1.54, 1.807) is 18.1 Å². The van der Waals surface area contributed by atoms with E-state index in [0.29, 0.717) is 23.3 Å². The average Bonchev–Trinajstić information content (AvgIpc) is 2.40. The number of anilines is 1. The van der Waals surface area contributed by atoms with Gasteiger partial charge in [-0.2, -0.15) is 0 Å². The molecule has 116 valence electrons. The first-order valence-electron chi connectivity index (χ1n) is 6.46. The van der Waals surface area contributed by atoms with E-state index in [-0.39, 0.29) is 17.6 Å². The fraction of sp³-hybridized carbons (Fsp3) is 0.429. The van der Waals surface area contributed by atoms with Gasteiger partial charge in [0.15, 0.2) is 0 Å². The molecule has 0 aliphatic heterocycles. The van der Waals surface area contributed by atoms with Gasteiger partial charge in [-0.15, -0.1) is 0 Å². The predicted octanol–water partition coefficient (Wildman–Crippen LogP) is 3.04. The normalized spacial score (nSPS) is 10.5. The lowest BCUT2D eigenvalue weighted by Crippen LogP contribution is -2.42. The monoisotopic (exact) mass is 358 g/mol. The summed E-state index contributed by atoms with van der Waals surface area (Å²) in [7, 11) is 1.58. The Kier molecular flexibility index (Phi) is 6.64. The van der Waals surface area contributed by atoms with E-state index in [1.165, 1.54) is 12.1 Å². The minimum absolute atomic E-state index is 0.0252. The molecule has 6 nitrogen and oxygen atoms in total. The van der Waals surface area contributed by atoms with Crippen LogP contribution in [0.2, 0.25) is 0 Å². The van der Waals surface area contributed by atoms with Gasteiger partial charge < -0.3 is 20.1 Å². The first-order chi connectivity index (χ1) is 9.86. The number of urea groups is 1. The summed E-state index contributed by atoms with van der Waals surface area (Å²) in [5, 5.41) is 11.7. The number of aromatic carboxylic acids is 1. The summed E-state index contributed by atoms with van der Waals surface area (Å²) < 4.78 is 5.51. The number of nitrogens with one attached hydrogen (secondary N) is 1. The van der Waals surface area contributed by atoms with Gasteiger partial charge in [0.05, 0.1) is 17.9 Å². The molecule has 0 saturated carbocycles. The Labute approximate surface area is 132 Å². The fourth-order valence-corrected chi connectivity index (χ4v) is 2.20. The highest BCUT2D eigenvalue weighted by Gasteiger charge is 2.18. The highest BCUT2D eigenvalue weighted by Crippen LogP contribution is 2.24. The van der Waals surface area contributed by atoms with Gasteiger partial charge in [-0.05, 0) is 48.0 Å². The van der Waals surface area contributed by atoms with E-state index in [0.717, 1.165) is 0 Å². The largest absolute Gasteiger partial charge is 0.478 e. The van der Waals surface area contributed by atoms with Crippen LogP contribution >= 0.6 is 15.9 Å². The van der Waals surface area contributed by atoms with Crippen molar-refractivity contribution in [2.45, 2.75) is 19.9 Å². The minimum Gasteiger partial charge on any atom is -0.478 e. The van der Waals surface area contributed by atoms with Crippen LogP contribution in [0.25, 0.3) is 0 Å². The Bertz CT molecular complexity index is 520. The molecule has 0 aliphatic rings. The minimum atomic E-state index is -1.02. The molecule has 0 heterocycles. The quantitative estimate of drug-likeness (QED) is 0.818. The van der Waals surface area contributed by atoms with Crippen molar-refractivity contribution in [2.24, 2.45) is 0 Å². The average molecular weight is 359 g/mol. The van der Waals surface area contributed by atoms with E-state index in [4.69, 9.17) is 9.84 Å². The molecular weight excluding hydrogens is 340 g/mol. The number of halogens is 1. The van der Waals surface area contributed by atoms with Crippen molar-refractivity contribution in [3.8, 4) is 0 Å². The second-order valence-corrected chi connectivity index (χ2v) is 5.56. The number of hydrogen-bond donors (Lipinski definition) is 2. The number of ether oxygens (including phenoxy) is 1. The first-order valence-corrected chi connectivity index (χ1v) is 7.25. The van der Waals surface area contributed by atoms with Crippen molar-refractivity contribution < 1.29 is 19.4 Å². The van der Waals surface area contributed by atoms with Crippen LogP contribution < -0.4 is 5.32 Å². The Morgan fingerprint density at radius 1 is 1.43 bits per heavy atom. The summed E-state index contributed by atoms with van der Waals surface area (Å²) in [5.41, 5.74) is 0.674. The number of nitrogens with zero attached hydrogens (tertiary/aromatic N) is 1. The maximum Gasteiger partial charge on any atom is 0.335 e. The summed E-state index contributed by atoms with van der Waals surface area (Å²) in [6.45, 7) is 4.76. The molecule has 0 saturated heterocycles. The van der Waals surface area contributed by atoms with Gasteiger partial charge >= 0.3 is 12.0 Å². The Balaban J connectivity index is 2.83. The summed E-state index contributed by atoms with van der Waals surface area (Å²) in [5.74, 6) is -1.02. The first kappa shape index (κ1) is 17.5. The van der Waals surface area contributed by atoms with Gasteiger partial charge in [-0.3, -0.25) is 0 Å². The van der Waals surface area contributed by atoms with E-state index in [1.807, 2.05) is 13.8 Å². The third-order valence-electron chi connectivity index (χ3n) is 2.88. The number of amides is 2. The van der Waals surface area contributed by atoms with Crippen molar-refractivity contribution in [2.75, 3.05) is 25.6 Å². The van der Waals surface area contributed by atoms with Gasteiger partial charge in [0.1, 0.15) is 0 Å². The van der Waals surface area contributed by atoms with Crippen LogP contribution in [0.4, 0.5) is 10.5 Å². The maximum atomic E-state index is 12.3. The lowest BCUT2D eigenvalue weighted by molar-refractivity contribution is 0.0697. The van der Waals surface area contributed by atoms with Gasteiger partial charge in [0, 0.05) is 24.2 Å². The predicted molar refractivity (Wildman–Crippen MR) is 83.8 cm³/mol. The molecule has 21 heavy (non-hydrogen) atoms. The molecule has 2 amide bonds. The maximum absolute atomic E-state index is 12.3. The van der Waals surface area contributed by atoms with Crippen LogP contribution in [0, 0.1) is 0 Å². The second kappa shape index (κ2) is 7.99. The summed E-state index contributed by atoms with van der Waals surface area (Å²) in [4.78, 5) is 24.8. The van der Waals surface area contributed by atoms with Crippen molar-refractivity contribution in [3.63, 3.8) is 0 Å². The third-order valence-corrected chi connectivity index (χ3v) is 3.53. The number of rotatable bonds is 6. The van der Waals surface area contributed by atoms with Crippen LogP contribution in [-0.2, 0) is 4.74 Å². The van der Waals surface area contributed by atoms with Crippen LogP contribution in [0.5, 0.6) is 0 Å². The van der Waals surface area contributed by atoms with Gasteiger partial charge in [0.2, 0.25) is 0 Å². The summed E-state index contributed by atoms with van der Waals surface area (Å²) in [6, 6.07) is 4.22. The number of carboxylic acid groups (broad SMARTS) is 1. The molecule has 1 rings (SSSR count). The van der Waals surface area contributed by atoms with E-state index in [9.17, 15) is 9.59 Å². The summed E-state index contributed by atoms with van der Waals surface area (Å²) >= 11 is 3.26. The van der Waals surface area contributed by atoms with Crippen molar-refractivity contribution in [1.82, 2.24) is 4.90 Å². The van der Waals surface area contributed by atoms with Crippen LogP contribution in [0.3, 0.4) is 0 Å². The van der Waals surface area contributed by atoms with E-state index < -0.39 is 5.97 Å². The molecule has 0 bridgehead atoms. The molecule has 0 fully saturated rings. The molecule has 0 unspecified atom stereocenters. The number of benzene rings is 1. The number of methoxy groups -OCH3 is 1. The topological polar surface area (TPSA) is 78.9 Å². The van der Waals surface area contributed by atoms with Gasteiger partial charge in [-0.1, -0.05) is 0 Å². The number of carbonyl (C=O) groups excluding carboxylic acids is 1. The molecule has 0 spiro atoms. The van der Waals surface area contributed by atoms with Gasteiger partial charge in [-0.25, -0.2) is 9.59 Å². The highest BCUT2D eigenvalue weighted by atomic mass is 79.9. The molecule has 1 aromatic carbocycles. The Morgan fingerprint density at radius 2 is 2.10 bits per heavy atom. The number of carboxylic acids is 1. The smallest absolute Gasteiger partial charge is 0.335 e. The third kappa shape index (κ3) is 5.02. The van der Waals surface area contributed by atoms with Crippen molar-refractivity contribution in [1.29, 1.82) is 0 Å². The van der Waals surface area contributed by atoms with Crippen molar-refractivity contribution in [3.05, 3.63) is 28.2 Å². The van der Waals surface area contributed by atoms with E-state index >= 15 is 0 Å². The fourth-order valence-electron chi connectivity index (χ4n) is 1.72. The van der Waals surface area contributed by atoms with Crippen LogP contribution in [0.1, 0.15) is 24.2 Å². The summed E-state index contributed by atoms with van der Waals surface area (Å²) in [6.07, 6.45) is 0. The highest BCUT2D eigenvalue weighted by molar-refractivity contribution is 9.10. The van der Waals surface area contributed by atoms with Crippen LogP contribution in [-0.4, -0.2) is 48.3 Å². The lowest BCUT2D eigenvalue weighted by atomic mass is 10.2. The molecular formula is C14H19BrN2O4. The molecule has 0 aromatic heterocycles. The number of hydrogen-bond acceptors (Lipinski definition) is 3. The molecule has 0 radical (unpaired) electrons.